The SMILES string of the molecule is COc1cc(/C=C(\C(=O)O)c2ccc(Oc3ccc(CCC(=O)NC(=O)NC4CCCCC4)cc3)cc2)cc(OC)c1. The van der Waals surface area contributed by atoms with Crippen LogP contribution >= 0.6 is 0 Å². The van der Waals surface area contributed by atoms with Gasteiger partial charge in [-0.25, -0.2) is 9.59 Å². The number of nitrogens with one attached hydrogen (secondary N) is 2. The third-order valence-corrected chi connectivity index (χ3v) is 7.07. The number of imide groups is 1. The standard InChI is InChI=1S/C33H36N2O7/c1-40-28-18-23(19-29(21-28)41-2)20-30(32(37)38)24-11-15-27(16-12-24)42-26-13-8-22(9-14-26)10-17-31(36)35-33(39)34-25-6-4-3-5-7-25/h8-9,11-16,18-21,25H,3-7,10,17H2,1-2H3,(H,37,38)(H2,34,35,36,39)/b30-20-. The van der Waals surface area contributed by atoms with E-state index in [-0.39, 0.29) is 23.9 Å². The second-order valence-corrected chi connectivity index (χ2v) is 10.1. The number of ether oxygens (including phenoxy) is 3. The first-order chi connectivity index (χ1) is 20.3. The molecule has 0 heterocycles. The Morgan fingerprint density at radius 1 is 0.833 bits per heavy atom. The van der Waals surface area contributed by atoms with Crippen molar-refractivity contribution in [1.29, 1.82) is 0 Å². The fraction of sp³-hybridized carbons (Fsp3) is 0.303. The Balaban J connectivity index is 1.31. The van der Waals surface area contributed by atoms with E-state index in [1.807, 2.05) is 12.1 Å². The Morgan fingerprint density at radius 3 is 2.00 bits per heavy atom. The minimum atomic E-state index is -1.07. The lowest BCUT2D eigenvalue weighted by molar-refractivity contribution is -0.130. The summed E-state index contributed by atoms with van der Waals surface area (Å²) in [6.45, 7) is 0. The molecule has 0 radical (unpaired) electrons. The van der Waals surface area contributed by atoms with Crippen LogP contribution in [0.4, 0.5) is 4.79 Å². The highest BCUT2D eigenvalue weighted by Gasteiger charge is 2.17. The summed E-state index contributed by atoms with van der Waals surface area (Å²) in [5.74, 6) is 0.868. The average Bonchev–Trinajstić information content (AvgIpc) is 3.00. The number of aliphatic carboxylic acids is 1. The molecular formula is C33H36N2O7. The number of urea groups is 1. The molecule has 1 saturated carbocycles. The first-order valence-electron chi connectivity index (χ1n) is 14.0. The molecule has 1 fully saturated rings. The van der Waals surface area contributed by atoms with Crippen molar-refractivity contribution in [3.63, 3.8) is 0 Å². The van der Waals surface area contributed by atoms with Gasteiger partial charge in [-0.05, 0) is 78.4 Å². The predicted molar refractivity (Wildman–Crippen MR) is 160 cm³/mol. The molecule has 9 heteroatoms. The van der Waals surface area contributed by atoms with Crippen molar-refractivity contribution in [1.82, 2.24) is 10.6 Å². The van der Waals surface area contributed by atoms with Crippen LogP contribution in [-0.2, 0) is 16.0 Å². The number of carbonyl (C=O) groups is 3. The predicted octanol–water partition coefficient (Wildman–Crippen LogP) is 6.21. The van der Waals surface area contributed by atoms with E-state index in [4.69, 9.17) is 14.2 Å². The molecule has 1 aliphatic carbocycles. The number of amides is 3. The van der Waals surface area contributed by atoms with E-state index >= 15 is 0 Å². The van der Waals surface area contributed by atoms with E-state index in [0.29, 0.717) is 40.5 Å². The number of hydrogen-bond acceptors (Lipinski definition) is 6. The molecule has 42 heavy (non-hydrogen) atoms. The second kappa shape index (κ2) is 14.7. The molecular weight excluding hydrogens is 536 g/mol. The summed E-state index contributed by atoms with van der Waals surface area (Å²) < 4.78 is 16.5. The van der Waals surface area contributed by atoms with E-state index in [1.165, 1.54) is 20.6 Å². The van der Waals surface area contributed by atoms with Crippen LogP contribution in [0, 0.1) is 0 Å². The summed E-state index contributed by atoms with van der Waals surface area (Å²) in [5, 5.41) is 15.2. The minimum absolute atomic E-state index is 0.108. The van der Waals surface area contributed by atoms with Gasteiger partial charge in [0.05, 0.1) is 19.8 Å². The highest BCUT2D eigenvalue weighted by Crippen LogP contribution is 2.28. The summed E-state index contributed by atoms with van der Waals surface area (Å²) in [5.41, 5.74) is 2.18. The van der Waals surface area contributed by atoms with Crippen molar-refractivity contribution in [2.75, 3.05) is 14.2 Å². The lowest BCUT2D eigenvalue weighted by atomic mass is 9.96. The molecule has 3 N–H and O–H groups in total. The van der Waals surface area contributed by atoms with Crippen molar-refractivity contribution >= 4 is 29.6 Å². The highest BCUT2D eigenvalue weighted by atomic mass is 16.5. The third kappa shape index (κ3) is 8.86. The van der Waals surface area contributed by atoms with Crippen LogP contribution in [-0.4, -0.2) is 43.3 Å². The summed E-state index contributed by atoms with van der Waals surface area (Å²) in [6, 6.07) is 19.0. The van der Waals surface area contributed by atoms with Gasteiger partial charge < -0.3 is 24.6 Å². The molecule has 3 aromatic carbocycles. The van der Waals surface area contributed by atoms with Gasteiger partial charge in [0.2, 0.25) is 5.91 Å². The van der Waals surface area contributed by atoms with Crippen molar-refractivity contribution in [3.8, 4) is 23.0 Å². The largest absolute Gasteiger partial charge is 0.497 e. The van der Waals surface area contributed by atoms with Gasteiger partial charge >= 0.3 is 12.0 Å². The first-order valence-corrected chi connectivity index (χ1v) is 14.0. The van der Waals surface area contributed by atoms with Gasteiger partial charge in [-0.1, -0.05) is 43.5 Å². The number of carbonyl (C=O) groups excluding carboxylic acids is 2. The van der Waals surface area contributed by atoms with Crippen molar-refractivity contribution in [2.24, 2.45) is 0 Å². The first kappa shape index (κ1) is 30.2. The quantitative estimate of drug-likeness (QED) is 0.184. The summed E-state index contributed by atoms with van der Waals surface area (Å²) in [6.07, 6.45) is 7.57. The molecule has 0 unspecified atom stereocenters. The number of carboxylic acids is 1. The zero-order chi connectivity index (χ0) is 29.9. The maximum Gasteiger partial charge on any atom is 0.336 e. The molecule has 0 saturated heterocycles. The lowest BCUT2D eigenvalue weighted by Gasteiger charge is -2.22. The summed E-state index contributed by atoms with van der Waals surface area (Å²) in [4.78, 5) is 36.3. The normalized spacial score (nSPS) is 13.6. The molecule has 0 spiro atoms. The fourth-order valence-corrected chi connectivity index (χ4v) is 4.83. The number of benzene rings is 3. The number of rotatable bonds is 11. The van der Waals surface area contributed by atoms with E-state index in [0.717, 1.165) is 31.2 Å². The maximum atomic E-state index is 12.2. The van der Waals surface area contributed by atoms with Crippen LogP contribution < -0.4 is 24.8 Å². The molecule has 1 aliphatic rings. The number of aryl methyl sites for hydroxylation is 1. The number of methoxy groups -OCH3 is 2. The van der Waals surface area contributed by atoms with Crippen LogP contribution in [0.3, 0.4) is 0 Å². The van der Waals surface area contributed by atoms with Crippen molar-refractivity contribution in [2.45, 2.75) is 51.0 Å². The van der Waals surface area contributed by atoms with E-state index in [2.05, 4.69) is 10.6 Å². The minimum Gasteiger partial charge on any atom is -0.497 e. The lowest BCUT2D eigenvalue weighted by Crippen LogP contribution is -2.45. The van der Waals surface area contributed by atoms with Gasteiger partial charge in [0.25, 0.3) is 0 Å². The van der Waals surface area contributed by atoms with E-state index < -0.39 is 12.0 Å². The van der Waals surface area contributed by atoms with Gasteiger partial charge in [0.15, 0.2) is 0 Å². The zero-order valence-electron chi connectivity index (χ0n) is 23.9. The van der Waals surface area contributed by atoms with Gasteiger partial charge in [-0.3, -0.25) is 10.1 Å². The Labute approximate surface area is 245 Å². The molecule has 0 bridgehead atoms. The van der Waals surface area contributed by atoms with Crippen LogP contribution in [0.2, 0.25) is 0 Å². The molecule has 220 valence electrons. The fourth-order valence-electron chi connectivity index (χ4n) is 4.83. The maximum absolute atomic E-state index is 12.2. The molecule has 0 aliphatic heterocycles. The molecule has 4 rings (SSSR count). The molecule has 0 atom stereocenters. The Bertz CT molecular complexity index is 1390. The zero-order valence-corrected chi connectivity index (χ0v) is 23.9. The Morgan fingerprint density at radius 2 is 1.43 bits per heavy atom. The van der Waals surface area contributed by atoms with Gasteiger partial charge in [0, 0.05) is 18.5 Å². The number of carboxylic acid groups (broad SMARTS) is 1. The van der Waals surface area contributed by atoms with Crippen LogP contribution in [0.5, 0.6) is 23.0 Å². The monoisotopic (exact) mass is 572 g/mol. The van der Waals surface area contributed by atoms with Crippen LogP contribution in [0.25, 0.3) is 11.6 Å². The average molecular weight is 573 g/mol. The topological polar surface area (TPSA) is 123 Å². The highest BCUT2D eigenvalue weighted by molar-refractivity contribution is 6.20. The van der Waals surface area contributed by atoms with Crippen molar-refractivity contribution < 1.29 is 33.7 Å². The van der Waals surface area contributed by atoms with Crippen LogP contribution in [0.1, 0.15) is 55.2 Å². The van der Waals surface area contributed by atoms with Gasteiger partial charge in [0.1, 0.15) is 23.0 Å². The Kier molecular flexibility index (Phi) is 10.6. The smallest absolute Gasteiger partial charge is 0.336 e. The molecule has 9 nitrogen and oxygen atoms in total. The number of hydrogen-bond donors (Lipinski definition) is 3. The second-order valence-electron chi connectivity index (χ2n) is 10.1. The summed E-state index contributed by atoms with van der Waals surface area (Å²) in [7, 11) is 3.07. The van der Waals surface area contributed by atoms with Gasteiger partial charge in [-0.15, -0.1) is 0 Å². The summed E-state index contributed by atoms with van der Waals surface area (Å²) >= 11 is 0. The van der Waals surface area contributed by atoms with Gasteiger partial charge in [-0.2, -0.15) is 0 Å². The van der Waals surface area contributed by atoms with E-state index in [1.54, 1.807) is 60.7 Å². The van der Waals surface area contributed by atoms with Crippen molar-refractivity contribution in [3.05, 3.63) is 83.4 Å². The van der Waals surface area contributed by atoms with E-state index in [9.17, 15) is 19.5 Å². The molecule has 3 aromatic rings. The Hall–Kier alpha value is -4.79. The van der Waals surface area contributed by atoms with Crippen LogP contribution in [0.15, 0.2) is 66.7 Å². The molecule has 0 aromatic heterocycles. The molecule has 3 amide bonds. The third-order valence-electron chi connectivity index (χ3n) is 7.07.